The average Bonchev–Trinajstić information content (AvgIpc) is 2.81. The Hall–Kier alpha value is -2.63. The molecule has 0 N–H and O–H groups in total. The van der Waals surface area contributed by atoms with Gasteiger partial charge in [0.1, 0.15) is 11.5 Å². The number of nitrogens with zero attached hydrogens (tertiary/aromatic N) is 1. The fraction of sp³-hybridized carbons (Fsp3) is 0.176. The predicted octanol–water partition coefficient (Wildman–Crippen LogP) is 4.85. The Kier molecular flexibility index (Phi) is 3.67. The molecule has 0 fully saturated rings. The molecule has 0 atom stereocenters. The number of benzene rings is 2. The maximum absolute atomic E-state index is 12.4. The first kappa shape index (κ1) is 15.3. The number of hydrogen-bond acceptors (Lipinski definition) is 2. The molecule has 0 unspecified atom stereocenters. The maximum Gasteiger partial charge on any atom is 0.573 e. The summed E-state index contributed by atoms with van der Waals surface area (Å²) in [6.45, 7) is 1.89. The Morgan fingerprint density at radius 2 is 1.74 bits per heavy atom. The predicted molar refractivity (Wildman–Crippen MR) is 81.2 cm³/mol. The molecule has 0 saturated heterocycles. The van der Waals surface area contributed by atoms with Crippen molar-refractivity contribution in [3.8, 4) is 17.2 Å². The molecule has 2 aromatic carbocycles. The first-order valence-electron chi connectivity index (χ1n) is 6.90. The normalized spacial score (nSPS) is 11.7. The molecule has 23 heavy (non-hydrogen) atoms. The van der Waals surface area contributed by atoms with Crippen molar-refractivity contribution < 1.29 is 22.6 Å². The van der Waals surface area contributed by atoms with Gasteiger partial charge in [0, 0.05) is 28.9 Å². The van der Waals surface area contributed by atoms with Gasteiger partial charge in [0.25, 0.3) is 0 Å². The number of ether oxygens (including phenoxy) is 2. The number of fused-ring (bicyclic) bond motifs is 1. The van der Waals surface area contributed by atoms with Crippen LogP contribution in [0.3, 0.4) is 0 Å². The quantitative estimate of drug-likeness (QED) is 0.688. The molecule has 0 saturated carbocycles. The lowest BCUT2D eigenvalue weighted by molar-refractivity contribution is -0.274. The summed E-state index contributed by atoms with van der Waals surface area (Å²) >= 11 is 0. The van der Waals surface area contributed by atoms with Gasteiger partial charge in [-0.3, -0.25) is 0 Å². The molecule has 0 amide bonds. The summed E-state index contributed by atoms with van der Waals surface area (Å²) in [6, 6.07) is 13.5. The molecule has 0 radical (unpaired) electrons. The Labute approximate surface area is 130 Å². The summed E-state index contributed by atoms with van der Waals surface area (Å²) in [5, 5.41) is 0.833. The molecule has 3 rings (SSSR count). The number of halogens is 3. The third-order valence-corrected chi connectivity index (χ3v) is 3.50. The van der Waals surface area contributed by atoms with E-state index in [-0.39, 0.29) is 5.75 Å². The SMILES string of the molecule is COc1cccc(-n2c(C)cc3ccc(OC(F)(F)F)cc32)c1. The molecule has 0 aliphatic rings. The van der Waals surface area contributed by atoms with Gasteiger partial charge >= 0.3 is 6.36 Å². The Balaban J connectivity index is 2.15. The van der Waals surface area contributed by atoms with E-state index in [2.05, 4.69) is 4.74 Å². The number of rotatable bonds is 3. The van der Waals surface area contributed by atoms with Crippen LogP contribution in [0.2, 0.25) is 0 Å². The first-order valence-corrected chi connectivity index (χ1v) is 6.90. The van der Waals surface area contributed by atoms with Crippen molar-refractivity contribution in [2.75, 3.05) is 7.11 Å². The van der Waals surface area contributed by atoms with Crippen molar-refractivity contribution in [3.63, 3.8) is 0 Å². The van der Waals surface area contributed by atoms with Gasteiger partial charge in [0.2, 0.25) is 0 Å². The molecule has 0 bridgehead atoms. The van der Waals surface area contributed by atoms with Crippen LogP contribution in [0.5, 0.6) is 11.5 Å². The molecule has 0 spiro atoms. The highest BCUT2D eigenvalue weighted by molar-refractivity contribution is 5.84. The average molecular weight is 321 g/mol. The summed E-state index contributed by atoms with van der Waals surface area (Å²) in [5.41, 5.74) is 2.34. The third-order valence-electron chi connectivity index (χ3n) is 3.50. The largest absolute Gasteiger partial charge is 0.573 e. The van der Waals surface area contributed by atoms with Crippen LogP contribution in [-0.4, -0.2) is 18.0 Å². The van der Waals surface area contributed by atoms with E-state index in [0.717, 1.165) is 16.8 Å². The van der Waals surface area contributed by atoms with E-state index in [1.165, 1.54) is 12.1 Å². The zero-order valence-corrected chi connectivity index (χ0v) is 12.5. The van der Waals surface area contributed by atoms with Crippen molar-refractivity contribution in [1.29, 1.82) is 0 Å². The molecular formula is C17H14F3NO2. The van der Waals surface area contributed by atoms with Gasteiger partial charge in [0.15, 0.2) is 0 Å². The van der Waals surface area contributed by atoms with Gasteiger partial charge in [-0.25, -0.2) is 0 Å². The molecule has 6 heteroatoms. The van der Waals surface area contributed by atoms with E-state index in [9.17, 15) is 13.2 Å². The van der Waals surface area contributed by atoms with Gasteiger partial charge < -0.3 is 14.0 Å². The number of hydrogen-bond donors (Lipinski definition) is 0. The van der Waals surface area contributed by atoms with Crippen LogP contribution in [0.25, 0.3) is 16.6 Å². The van der Waals surface area contributed by atoms with Crippen molar-refractivity contribution in [2.45, 2.75) is 13.3 Å². The third kappa shape index (κ3) is 3.11. The zero-order chi connectivity index (χ0) is 16.6. The van der Waals surface area contributed by atoms with Crippen molar-refractivity contribution in [1.82, 2.24) is 4.57 Å². The lowest BCUT2D eigenvalue weighted by Crippen LogP contribution is -2.17. The second kappa shape index (κ2) is 5.53. The number of alkyl halides is 3. The molecule has 3 nitrogen and oxygen atoms in total. The molecule has 0 aliphatic heterocycles. The second-order valence-electron chi connectivity index (χ2n) is 5.09. The van der Waals surface area contributed by atoms with Gasteiger partial charge in [0.05, 0.1) is 12.6 Å². The minimum Gasteiger partial charge on any atom is -0.497 e. The van der Waals surface area contributed by atoms with Gasteiger partial charge in [-0.05, 0) is 37.3 Å². The van der Waals surface area contributed by atoms with Crippen LogP contribution in [0.1, 0.15) is 5.69 Å². The lowest BCUT2D eigenvalue weighted by Gasteiger charge is -2.12. The highest BCUT2D eigenvalue weighted by Crippen LogP contribution is 2.31. The first-order chi connectivity index (χ1) is 10.9. The summed E-state index contributed by atoms with van der Waals surface area (Å²) in [5.74, 6) is 0.429. The topological polar surface area (TPSA) is 23.4 Å². The van der Waals surface area contributed by atoms with Gasteiger partial charge in [-0.15, -0.1) is 13.2 Å². The smallest absolute Gasteiger partial charge is 0.497 e. The summed E-state index contributed by atoms with van der Waals surface area (Å²) in [4.78, 5) is 0. The van der Waals surface area contributed by atoms with Crippen LogP contribution < -0.4 is 9.47 Å². The standard InChI is InChI=1S/C17H14F3NO2/c1-11-8-12-6-7-15(23-17(18,19)20)10-16(12)21(11)13-4-3-5-14(9-13)22-2/h3-10H,1-2H3. The zero-order valence-electron chi connectivity index (χ0n) is 12.5. The van der Waals surface area contributed by atoms with E-state index in [0.29, 0.717) is 11.3 Å². The van der Waals surface area contributed by atoms with Crippen molar-refractivity contribution >= 4 is 10.9 Å². The summed E-state index contributed by atoms with van der Waals surface area (Å²) < 4.78 is 48.4. The molecule has 120 valence electrons. The minimum absolute atomic E-state index is 0.243. The van der Waals surface area contributed by atoms with Crippen molar-refractivity contribution in [2.24, 2.45) is 0 Å². The molecule has 1 aromatic heterocycles. The van der Waals surface area contributed by atoms with E-state index < -0.39 is 6.36 Å². The number of methoxy groups -OCH3 is 1. The van der Waals surface area contributed by atoms with Crippen LogP contribution in [0.4, 0.5) is 13.2 Å². The van der Waals surface area contributed by atoms with Crippen LogP contribution in [-0.2, 0) is 0 Å². The fourth-order valence-electron chi connectivity index (χ4n) is 2.61. The van der Waals surface area contributed by atoms with Gasteiger partial charge in [-0.2, -0.15) is 0 Å². The minimum atomic E-state index is -4.71. The summed E-state index contributed by atoms with van der Waals surface area (Å²) in [7, 11) is 1.56. The monoisotopic (exact) mass is 321 g/mol. The fourth-order valence-corrected chi connectivity index (χ4v) is 2.61. The van der Waals surface area contributed by atoms with Crippen molar-refractivity contribution in [3.05, 3.63) is 54.2 Å². The number of aromatic nitrogens is 1. The Bertz CT molecular complexity index is 853. The van der Waals surface area contributed by atoms with E-state index in [1.54, 1.807) is 13.2 Å². The Morgan fingerprint density at radius 3 is 2.43 bits per heavy atom. The molecule has 3 aromatic rings. The van der Waals surface area contributed by atoms with E-state index >= 15 is 0 Å². The summed E-state index contributed by atoms with van der Waals surface area (Å²) in [6.07, 6.45) is -4.71. The van der Waals surface area contributed by atoms with Crippen LogP contribution in [0, 0.1) is 6.92 Å². The molecular weight excluding hydrogens is 307 g/mol. The lowest BCUT2D eigenvalue weighted by atomic mass is 10.2. The Morgan fingerprint density at radius 1 is 0.957 bits per heavy atom. The van der Waals surface area contributed by atoms with E-state index in [1.807, 2.05) is 41.8 Å². The van der Waals surface area contributed by atoms with E-state index in [4.69, 9.17) is 4.74 Å². The highest BCUT2D eigenvalue weighted by atomic mass is 19.4. The highest BCUT2D eigenvalue weighted by Gasteiger charge is 2.31. The number of aryl methyl sites for hydroxylation is 1. The van der Waals surface area contributed by atoms with Gasteiger partial charge in [-0.1, -0.05) is 6.07 Å². The maximum atomic E-state index is 12.4. The van der Waals surface area contributed by atoms with Crippen LogP contribution in [0.15, 0.2) is 48.5 Å². The molecule has 0 aliphatic carbocycles. The molecule has 1 heterocycles. The van der Waals surface area contributed by atoms with Crippen LogP contribution >= 0.6 is 0 Å². The second-order valence-corrected chi connectivity index (χ2v) is 5.09.